The topological polar surface area (TPSA) is 123 Å². The zero-order valence-corrected chi connectivity index (χ0v) is 15.3. The first kappa shape index (κ1) is 20.2. The third-order valence-electron chi connectivity index (χ3n) is 3.59. The largest absolute Gasteiger partial charge is 0.416 e. The summed E-state index contributed by atoms with van der Waals surface area (Å²) in [4.78, 5) is 34.8. The standard InChI is InChI=1S/C17H13F3N6O2S/c18-17(19,20)9-1-3-10(4-2-9)26-14-7-22-13(29-14)6-23-16(28)12-5-11(15(21)27)24-8-25-12/h1-5,7-8,26H,6H2,(H2,21,27)(H,23,28). The van der Waals surface area contributed by atoms with Crippen LogP contribution in [-0.4, -0.2) is 26.8 Å². The van der Waals surface area contributed by atoms with Crippen molar-refractivity contribution in [3.8, 4) is 0 Å². The summed E-state index contributed by atoms with van der Waals surface area (Å²) in [6.07, 6.45) is -1.83. The molecule has 3 aromatic rings. The molecule has 29 heavy (non-hydrogen) atoms. The van der Waals surface area contributed by atoms with E-state index < -0.39 is 23.6 Å². The zero-order chi connectivity index (χ0) is 21.0. The first-order valence-corrected chi connectivity index (χ1v) is 8.83. The monoisotopic (exact) mass is 422 g/mol. The molecule has 0 spiro atoms. The van der Waals surface area contributed by atoms with Crippen LogP contribution in [0.2, 0.25) is 0 Å². The Balaban J connectivity index is 1.58. The fourth-order valence-corrected chi connectivity index (χ4v) is 2.98. The van der Waals surface area contributed by atoms with Gasteiger partial charge in [0.25, 0.3) is 11.8 Å². The number of halogens is 3. The Kier molecular flexibility index (Phi) is 5.73. The minimum atomic E-state index is -4.39. The van der Waals surface area contributed by atoms with Gasteiger partial charge in [0.2, 0.25) is 0 Å². The number of benzene rings is 1. The number of alkyl halides is 3. The van der Waals surface area contributed by atoms with Crippen molar-refractivity contribution in [2.75, 3.05) is 5.32 Å². The molecule has 2 heterocycles. The molecule has 0 saturated carbocycles. The molecule has 0 saturated heterocycles. The molecule has 3 rings (SSSR count). The maximum absolute atomic E-state index is 12.6. The summed E-state index contributed by atoms with van der Waals surface area (Å²) >= 11 is 1.22. The van der Waals surface area contributed by atoms with Gasteiger partial charge in [0, 0.05) is 11.8 Å². The van der Waals surface area contributed by atoms with Crippen LogP contribution in [0.3, 0.4) is 0 Å². The minimum absolute atomic E-state index is 0.0199. The Hall–Kier alpha value is -3.54. The van der Waals surface area contributed by atoms with E-state index in [1.807, 2.05) is 0 Å². The molecule has 0 unspecified atom stereocenters. The Morgan fingerprint density at radius 2 is 1.76 bits per heavy atom. The van der Waals surface area contributed by atoms with Crippen LogP contribution in [0.1, 0.15) is 31.5 Å². The third-order valence-corrected chi connectivity index (χ3v) is 4.50. The van der Waals surface area contributed by atoms with Crippen molar-refractivity contribution in [3.63, 3.8) is 0 Å². The number of anilines is 2. The van der Waals surface area contributed by atoms with Crippen LogP contribution in [0.5, 0.6) is 0 Å². The van der Waals surface area contributed by atoms with E-state index in [0.29, 0.717) is 15.7 Å². The highest BCUT2D eigenvalue weighted by Gasteiger charge is 2.29. The van der Waals surface area contributed by atoms with Crippen molar-refractivity contribution in [1.82, 2.24) is 20.3 Å². The lowest BCUT2D eigenvalue weighted by Gasteiger charge is -2.08. The van der Waals surface area contributed by atoms with Crippen molar-refractivity contribution in [2.24, 2.45) is 5.73 Å². The Morgan fingerprint density at radius 1 is 1.07 bits per heavy atom. The molecule has 0 radical (unpaired) electrons. The highest BCUT2D eigenvalue weighted by Crippen LogP contribution is 2.31. The molecule has 0 fully saturated rings. The quantitative estimate of drug-likeness (QED) is 0.561. The Morgan fingerprint density at radius 3 is 2.41 bits per heavy atom. The molecule has 12 heteroatoms. The lowest BCUT2D eigenvalue weighted by molar-refractivity contribution is -0.137. The van der Waals surface area contributed by atoms with E-state index in [-0.39, 0.29) is 17.9 Å². The second kappa shape index (κ2) is 8.22. The Labute approximate surface area is 166 Å². The maximum atomic E-state index is 12.6. The molecule has 0 aliphatic carbocycles. The summed E-state index contributed by atoms with van der Waals surface area (Å²) in [6, 6.07) is 5.76. The molecule has 0 bridgehead atoms. The van der Waals surface area contributed by atoms with Crippen LogP contribution in [0.15, 0.2) is 42.9 Å². The molecule has 8 nitrogen and oxygen atoms in total. The number of rotatable bonds is 6. The van der Waals surface area contributed by atoms with E-state index in [1.54, 1.807) is 0 Å². The molecule has 0 atom stereocenters. The van der Waals surface area contributed by atoms with E-state index in [9.17, 15) is 22.8 Å². The molecule has 0 aliphatic heterocycles. The smallest absolute Gasteiger partial charge is 0.364 e. The van der Waals surface area contributed by atoms with Gasteiger partial charge < -0.3 is 16.4 Å². The van der Waals surface area contributed by atoms with Crippen molar-refractivity contribution >= 4 is 33.8 Å². The number of nitrogens with two attached hydrogens (primary N) is 1. The number of carbonyl (C=O) groups excluding carboxylic acids is 2. The summed E-state index contributed by atoms with van der Waals surface area (Å²) < 4.78 is 37.8. The van der Waals surface area contributed by atoms with E-state index in [1.165, 1.54) is 35.7 Å². The molecular weight excluding hydrogens is 409 g/mol. The molecule has 2 aromatic heterocycles. The van der Waals surface area contributed by atoms with Crippen LogP contribution in [0.4, 0.5) is 23.9 Å². The molecule has 4 N–H and O–H groups in total. The van der Waals surface area contributed by atoms with Gasteiger partial charge in [0.15, 0.2) is 0 Å². The minimum Gasteiger partial charge on any atom is -0.364 e. The van der Waals surface area contributed by atoms with E-state index in [0.717, 1.165) is 18.5 Å². The lowest BCUT2D eigenvalue weighted by atomic mass is 10.2. The number of carbonyl (C=O) groups is 2. The van der Waals surface area contributed by atoms with Gasteiger partial charge in [-0.2, -0.15) is 13.2 Å². The summed E-state index contributed by atoms with van der Waals surface area (Å²) in [6.45, 7) is 0.0914. The van der Waals surface area contributed by atoms with Gasteiger partial charge in [-0.25, -0.2) is 15.0 Å². The van der Waals surface area contributed by atoms with E-state index in [4.69, 9.17) is 5.73 Å². The molecule has 2 amide bonds. The number of nitrogens with one attached hydrogen (secondary N) is 2. The first-order valence-electron chi connectivity index (χ1n) is 8.01. The number of amides is 2. The van der Waals surface area contributed by atoms with Crippen LogP contribution >= 0.6 is 11.3 Å². The zero-order valence-electron chi connectivity index (χ0n) is 14.5. The number of hydrogen-bond acceptors (Lipinski definition) is 7. The highest BCUT2D eigenvalue weighted by atomic mass is 32.1. The lowest BCUT2D eigenvalue weighted by Crippen LogP contribution is -2.25. The normalized spacial score (nSPS) is 11.1. The van der Waals surface area contributed by atoms with Crippen LogP contribution in [-0.2, 0) is 12.7 Å². The van der Waals surface area contributed by atoms with E-state index >= 15 is 0 Å². The predicted molar refractivity (Wildman–Crippen MR) is 98.6 cm³/mol. The Bertz CT molecular complexity index is 1040. The van der Waals surface area contributed by atoms with Gasteiger partial charge in [-0.1, -0.05) is 11.3 Å². The summed E-state index contributed by atoms with van der Waals surface area (Å²) in [5, 5.41) is 6.69. The molecule has 1 aromatic carbocycles. The summed E-state index contributed by atoms with van der Waals surface area (Å²) in [5.74, 6) is -1.32. The third kappa shape index (κ3) is 5.25. The van der Waals surface area contributed by atoms with Gasteiger partial charge in [0.05, 0.1) is 18.3 Å². The second-order valence-electron chi connectivity index (χ2n) is 5.65. The SMILES string of the molecule is NC(=O)c1cc(C(=O)NCc2ncc(Nc3ccc(C(F)(F)F)cc3)s2)ncn1. The fourth-order valence-electron chi connectivity index (χ4n) is 2.20. The van der Waals surface area contributed by atoms with Gasteiger partial charge in [0.1, 0.15) is 27.7 Å². The average Bonchev–Trinajstić information content (AvgIpc) is 3.13. The molecule has 150 valence electrons. The highest BCUT2D eigenvalue weighted by molar-refractivity contribution is 7.15. The van der Waals surface area contributed by atoms with Gasteiger partial charge >= 0.3 is 6.18 Å². The van der Waals surface area contributed by atoms with Crippen molar-refractivity contribution in [2.45, 2.75) is 12.7 Å². The van der Waals surface area contributed by atoms with Crippen LogP contribution in [0, 0.1) is 0 Å². The number of aromatic nitrogens is 3. The van der Waals surface area contributed by atoms with Gasteiger partial charge in [-0.15, -0.1) is 0 Å². The summed E-state index contributed by atoms with van der Waals surface area (Å²) in [7, 11) is 0. The van der Waals surface area contributed by atoms with Crippen LogP contribution < -0.4 is 16.4 Å². The number of nitrogens with zero attached hydrogens (tertiary/aromatic N) is 3. The number of thiazole rings is 1. The van der Waals surface area contributed by atoms with Crippen molar-refractivity contribution < 1.29 is 22.8 Å². The fraction of sp³-hybridized carbons (Fsp3) is 0.118. The molecular formula is C17H13F3N6O2S. The van der Waals surface area contributed by atoms with Gasteiger partial charge in [-0.3, -0.25) is 9.59 Å². The number of primary amides is 1. The number of hydrogen-bond donors (Lipinski definition) is 3. The summed E-state index contributed by atoms with van der Waals surface area (Å²) in [5.41, 5.74) is 4.74. The predicted octanol–water partition coefficient (Wildman–Crippen LogP) is 2.72. The van der Waals surface area contributed by atoms with E-state index in [2.05, 4.69) is 25.6 Å². The van der Waals surface area contributed by atoms with Crippen molar-refractivity contribution in [3.05, 3.63) is 64.8 Å². The molecule has 0 aliphatic rings. The van der Waals surface area contributed by atoms with Crippen molar-refractivity contribution in [1.29, 1.82) is 0 Å². The first-order chi connectivity index (χ1) is 13.7. The maximum Gasteiger partial charge on any atom is 0.416 e. The van der Waals surface area contributed by atoms with Gasteiger partial charge in [-0.05, 0) is 24.3 Å². The second-order valence-corrected chi connectivity index (χ2v) is 6.77. The van der Waals surface area contributed by atoms with Crippen LogP contribution in [0.25, 0.3) is 0 Å². The average molecular weight is 422 g/mol.